The molecule has 3 aromatic carbocycles. The number of aryl methyl sites for hydroxylation is 1. The molecule has 0 bridgehead atoms. The second-order valence-electron chi connectivity index (χ2n) is 8.17. The second kappa shape index (κ2) is 16.5. The summed E-state index contributed by atoms with van der Waals surface area (Å²) in [6.45, 7) is 20.9. The Morgan fingerprint density at radius 1 is 0.886 bits per heavy atom. The van der Waals surface area contributed by atoms with Crippen molar-refractivity contribution in [1.29, 1.82) is 0 Å². The number of hydrogen-bond acceptors (Lipinski definition) is 4. The molecule has 0 aromatic heterocycles. The molecule has 1 heterocycles. The largest absolute Gasteiger partial charge is 0.375 e. The fourth-order valence-corrected chi connectivity index (χ4v) is 4.52. The molecule has 4 heteroatoms. The highest BCUT2D eigenvalue weighted by molar-refractivity contribution is 8.00. The summed E-state index contributed by atoms with van der Waals surface area (Å²) in [6.07, 6.45) is 1.94. The van der Waals surface area contributed by atoms with E-state index in [2.05, 4.69) is 132 Å². The van der Waals surface area contributed by atoms with Gasteiger partial charge in [-0.1, -0.05) is 80.4 Å². The highest BCUT2D eigenvalue weighted by Gasteiger charge is 2.13. The highest BCUT2D eigenvalue weighted by atomic mass is 32.2. The topological polar surface area (TPSA) is 9.72 Å². The van der Waals surface area contributed by atoms with Crippen molar-refractivity contribution in [3.05, 3.63) is 128 Å². The van der Waals surface area contributed by atoms with Crippen LogP contribution in [0.3, 0.4) is 0 Å². The molecule has 1 aliphatic heterocycles. The molecule has 0 aliphatic carbocycles. The summed E-state index contributed by atoms with van der Waals surface area (Å²) in [5.74, 6) is 0. The molecule has 0 radical (unpaired) electrons. The number of piperazine rings is 1. The lowest BCUT2D eigenvalue weighted by Crippen LogP contribution is -2.43. The monoisotopic (exact) mass is 485 g/mol. The minimum absolute atomic E-state index is 0.989. The average Bonchev–Trinajstić information content (AvgIpc) is 2.90. The van der Waals surface area contributed by atoms with Gasteiger partial charge in [0.2, 0.25) is 0 Å². The van der Waals surface area contributed by atoms with Crippen LogP contribution in [-0.2, 0) is 6.54 Å². The zero-order valence-corrected chi connectivity index (χ0v) is 22.1. The van der Waals surface area contributed by atoms with Gasteiger partial charge in [-0.3, -0.25) is 4.90 Å². The average molecular weight is 486 g/mol. The molecular formula is C31H39N3S. The molecule has 1 aliphatic rings. The van der Waals surface area contributed by atoms with Gasteiger partial charge in [-0.15, -0.1) is 5.73 Å². The molecule has 3 nitrogen and oxygen atoms in total. The van der Waals surface area contributed by atoms with Gasteiger partial charge in [-0.05, 0) is 67.4 Å². The first-order chi connectivity index (χ1) is 17.1. The molecule has 0 unspecified atom stereocenters. The summed E-state index contributed by atoms with van der Waals surface area (Å²) < 4.78 is 2.31. The van der Waals surface area contributed by atoms with E-state index in [9.17, 15) is 0 Å². The predicted molar refractivity (Wildman–Crippen MR) is 155 cm³/mol. The van der Waals surface area contributed by atoms with Crippen LogP contribution in [0.4, 0.5) is 5.69 Å². The molecule has 184 valence electrons. The van der Waals surface area contributed by atoms with Crippen LogP contribution in [0.1, 0.15) is 18.1 Å². The van der Waals surface area contributed by atoms with Crippen molar-refractivity contribution < 1.29 is 0 Å². The summed E-state index contributed by atoms with van der Waals surface area (Å²) >= 11 is 1.78. The fraction of sp³-hybridized carbons (Fsp3) is 0.258. The molecule has 35 heavy (non-hydrogen) atoms. The Kier molecular flexibility index (Phi) is 13.2. The van der Waals surface area contributed by atoms with Gasteiger partial charge in [0.05, 0.1) is 0 Å². The first kappa shape index (κ1) is 28.1. The molecule has 1 saturated heterocycles. The van der Waals surface area contributed by atoms with Crippen LogP contribution < -0.4 is 4.31 Å². The van der Waals surface area contributed by atoms with Crippen molar-refractivity contribution >= 4 is 17.6 Å². The molecule has 0 saturated carbocycles. The van der Waals surface area contributed by atoms with Gasteiger partial charge in [0, 0.05) is 49.9 Å². The zero-order chi connectivity index (χ0) is 25.3. The third-order valence-corrected chi connectivity index (χ3v) is 6.62. The van der Waals surface area contributed by atoms with E-state index >= 15 is 0 Å². The van der Waals surface area contributed by atoms with E-state index in [4.69, 9.17) is 0 Å². The standard InChI is InChI=1S/C15H17NS.C13H18N2.C3H4/c1-3-16(14-9-7-8-13(2)12-14)17-15-10-5-4-6-11-15;1-2-14-8-10-15(11-9-14)12-13-6-4-3-5-7-13;1-3-2/h4-12H,3H2,1-2H3;2-7H,1,8-12H2;1-2H2. The van der Waals surface area contributed by atoms with Gasteiger partial charge in [0.1, 0.15) is 0 Å². The molecule has 0 atom stereocenters. The number of anilines is 1. The van der Waals surface area contributed by atoms with E-state index in [0.29, 0.717) is 0 Å². The molecule has 0 amide bonds. The normalized spacial score (nSPS) is 12.8. The maximum Gasteiger partial charge on any atom is 0.0475 e. The van der Waals surface area contributed by atoms with Crippen LogP contribution in [0.5, 0.6) is 0 Å². The van der Waals surface area contributed by atoms with Gasteiger partial charge >= 0.3 is 0 Å². The van der Waals surface area contributed by atoms with Crippen molar-refractivity contribution in [3.63, 3.8) is 0 Å². The molecule has 0 spiro atoms. The quantitative estimate of drug-likeness (QED) is 0.254. The van der Waals surface area contributed by atoms with Gasteiger partial charge < -0.3 is 9.21 Å². The summed E-state index contributed by atoms with van der Waals surface area (Å²) in [5, 5.41) is 0. The first-order valence-electron chi connectivity index (χ1n) is 12.1. The maximum absolute atomic E-state index is 3.80. The van der Waals surface area contributed by atoms with Crippen LogP contribution in [-0.4, -0.2) is 42.5 Å². The summed E-state index contributed by atoms with van der Waals surface area (Å²) in [4.78, 5) is 6.05. The minimum atomic E-state index is 0.989. The van der Waals surface area contributed by atoms with E-state index in [0.717, 1.165) is 39.3 Å². The SMILES string of the molecule is C=C=C.C=CN1CCN(Cc2ccccc2)CC1.CCN(Sc1ccccc1)c1cccc(C)c1. The lowest BCUT2D eigenvalue weighted by molar-refractivity contribution is 0.162. The molecule has 1 fully saturated rings. The minimum Gasteiger partial charge on any atom is -0.375 e. The van der Waals surface area contributed by atoms with Gasteiger partial charge in [-0.2, -0.15) is 0 Å². The van der Waals surface area contributed by atoms with Gasteiger partial charge in [0.15, 0.2) is 0 Å². The Morgan fingerprint density at radius 3 is 2.03 bits per heavy atom. The third kappa shape index (κ3) is 10.7. The Bertz CT molecular complexity index is 1010. The maximum atomic E-state index is 3.80. The zero-order valence-electron chi connectivity index (χ0n) is 21.3. The molecule has 0 N–H and O–H groups in total. The van der Waals surface area contributed by atoms with Crippen molar-refractivity contribution in [3.8, 4) is 0 Å². The highest BCUT2D eigenvalue weighted by Crippen LogP contribution is 2.28. The van der Waals surface area contributed by atoms with Crippen molar-refractivity contribution in [2.75, 3.05) is 37.0 Å². The summed E-state index contributed by atoms with van der Waals surface area (Å²) in [5.41, 5.74) is 6.22. The number of benzene rings is 3. The summed E-state index contributed by atoms with van der Waals surface area (Å²) in [7, 11) is 0. The number of hydrogen-bond donors (Lipinski definition) is 0. The van der Waals surface area contributed by atoms with Crippen molar-refractivity contribution in [2.45, 2.75) is 25.3 Å². The lowest BCUT2D eigenvalue weighted by Gasteiger charge is -2.33. The van der Waals surface area contributed by atoms with Crippen molar-refractivity contribution in [2.24, 2.45) is 0 Å². The third-order valence-electron chi connectivity index (χ3n) is 5.45. The Morgan fingerprint density at radius 2 is 1.49 bits per heavy atom. The van der Waals surface area contributed by atoms with E-state index < -0.39 is 0 Å². The molecule has 3 aromatic rings. The van der Waals surface area contributed by atoms with Crippen LogP contribution >= 0.6 is 11.9 Å². The Hall–Kier alpha value is -3.17. The molecular weight excluding hydrogens is 446 g/mol. The second-order valence-corrected chi connectivity index (χ2v) is 9.26. The Balaban J connectivity index is 0.000000223. The van der Waals surface area contributed by atoms with Crippen LogP contribution in [0.25, 0.3) is 0 Å². The van der Waals surface area contributed by atoms with E-state index in [1.165, 1.54) is 21.7 Å². The smallest absolute Gasteiger partial charge is 0.0475 e. The van der Waals surface area contributed by atoms with Crippen LogP contribution in [0.2, 0.25) is 0 Å². The Labute approximate surface area is 217 Å². The summed E-state index contributed by atoms with van der Waals surface area (Å²) in [6, 6.07) is 29.8. The fourth-order valence-electron chi connectivity index (χ4n) is 3.64. The van der Waals surface area contributed by atoms with Gasteiger partial charge in [0.25, 0.3) is 0 Å². The van der Waals surface area contributed by atoms with Crippen LogP contribution in [0.15, 0.2) is 121 Å². The van der Waals surface area contributed by atoms with E-state index in [1.54, 1.807) is 11.9 Å². The number of rotatable bonds is 7. The first-order valence-corrected chi connectivity index (χ1v) is 12.9. The van der Waals surface area contributed by atoms with Crippen LogP contribution in [0, 0.1) is 6.92 Å². The predicted octanol–water partition coefficient (Wildman–Crippen LogP) is 7.43. The molecule has 4 rings (SSSR count). The van der Waals surface area contributed by atoms with Crippen molar-refractivity contribution in [1.82, 2.24) is 9.80 Å². The lowest BCUT2D eigenvalue weighted by atomic mass is 10.2. The van der Waals surface area contributed by atoms with E-state index in [-0.39, 0.29) is 0 Å². The van der Waals surface area contributed by atoms with E-state index in [1.807, 2.05) is 12.3 Å². The van der Waals surface area contributed by atoms with Gasteiger partial charge in [-0.25, -0.2) is 0 Å². The number of nitrogens with zero attached hydrogens (tertiary/aromatic N) is 3.